The van der Waals surface area contributed by atoms with Crippen molar-refractivity contribution in [2.75, 3.05) is 12.4 Å². The van der Waals surface area contributed by atoms with Crippen LogP contribution in [0.3, 0.4) is 0 Å². The van der Waals surface area contributed by atoms with Crippen LogP contribution in [0, 0.1) is 0 Å². The molecule has 0 atom stereocenters. The maximum Gasteiger partial charge on any atom is 0.198 e. The van der Waals surface area contributed by atoms with Crippen LogP contribution in [0.2, 0.25) is 0 Å². The van der Waals surface area contributed by atoms with Crippen molar-refractivity contribution in [2.24, 2.45) is 0 Å². The summed E-state index contributed by atoms with van der Waals surface area (Å²) < 4.78 is 11.1. The fourth-order valence-corrected chi connectivity index (χ4v) is 2.65. The molecule has 2 saturated carbocycles. The lowest BCUT2D eigenvalue weighted by Gasteiger charge is -2.35. The van der Waals surface area contributed by atoms with Gasteiger partial charge in [-0.2, -0.15) is 0 Å². The largest absolute Gasteiger partial charge is 0.440 e. The molecular formula is C15H18N2O2. The highest BCUT2D eigenvalue weighted by Crippen LogP contribution is 2.40. The van der Waals surface area contributed by atoms with Gasteiger partial charge in [0, 0.05) is 24.8 Å². The number of fused-ring (bicyclic) bond motifs is 1. The second kappa shape index (κ2) is 4.23. The average molecular weight is 258 g/mol. The average Bonchev–Trinajstić information content (AvgIpc) is 3.13. The second-order valence-electron chi connectivity index (χ2n) is 5.68. The SMILES string of the molecule is COC1CC(Nc2ccc3oc(C4CC4)nc3c2)C1. The van der Waals surface area contributed by atoms with Gasteiger partial charge in [-0.3, -0.25) is 0 Å². The Morgan fingerprint density at radius 2 is 2.16 bits per heavy atom. The summed E-state index contributed by atoms with van der Waals surface area (Å²) in [5.41, 5.74) is 2.99. The van der Waals surface area contributed by atoms with Gasteiger partial charge in [0.15, 0.2) is 11.5 Å². The van der Waals surface area contributed by atoms with E-state index >= 15 is 0 Å². The number of hydrogen-bond acceptors (Lipinski definition) is 4. The van der Waals surface area contributed by atoms with Gasteiger partial charge in [-0.05, 0) is 43.9 Å². The van der Waals surface area contributed by atoms with E-state index in [9.17, 15) is 0 Å². The topological polar surface area (TPSA) is 47.3 Å². The van der Waals surface area contributed by atoms with Crippen molar-refractivity contribution >= 4 is 16.8 Å². The minimum atomic E-state index is 0.426. The summed E-state index contributed by atoms with van der Waals surface area (Å²) in [6.45, 7) is 0. The standard InChI is InChI=1S/C15H18N2O2/c1-18-12-6-11(7-12)16-10-4-5-14-13(8-10)17-15(19-14)9-2-3-9/h4-5,8-9,11-12,16H,2-3,6-7H2,1H3. The molecule has 2 aliphatic rings. The molecule has 4 heteroatoms. The number of hydrogen-bond donors (Lipinski definition) is 1. The first-order valence-electron chi connectivity index (χ1n) is 7.01. The minimum Gasteiger partial charge on any atom is -0.440 e. The van der Waals surface area contributed by atoms with E-state index in [-0.39, 0.29) is 0 Å². The van der Waals surface area contributed by atoms with Gasteiger partial charge in [0.2, 0.25) is 0 Å². The van der Waals surface area contributed by atoms with Gasteiger partial charge >= 0.3 is 0 Å². The molecule has 0 spiro atoms. The Hall–Kier alpha value is -1.55. The van der Waals surface area contributed by atoms with Gasteiger partial charge in [-0.15, -0.1) is 0 Å². The molecule has 0 unspecified atom stereocenters. The number of rotatable bonds is 4. The zero-order valence-corrected chi connectivity index (χ0v) is 11.1. The van der Waals surface area contributed by atoms with Crippen LogP contribution in [0.15, 0.2) is 22.6 Å². The summed E-state index contributed by atoms with van der Waals surface area (Å²) in [4.78, 5) is 4.59. The van der Waals surface area contributed by atoms with Crippen LogP contribution in [-0.2, 0) is 4.74 Å². The number of methoxy groups -OCH3 is 1. The van der Waals surface area contributed by atoms with Crippen LogP contribution in [0.4, 0.5) is 5.69 Å². The third-order valence-electron chi connectivity index (χ3n) is 4.13. The third kappa shape index (κ3) is 2.10. The summed E-state index contributed by atoms with van der Waals surface area (Å²) in [5, 5.41) is 3.53. The lowest BCUT2D eigenvalue weighted by molar-refractivity contribution is 0.0329. The van der Waals surface area contributed by atoms with E-state index in [0.717, 1.165) is 35.5 Å². The Kier molecular flexibility index (Phi) is 2.52. The molecule has 2 aliphatic carbocycles. The zero-order chi connectivity index (χ0) is 12.8. The lowest BCUT2D eigenvalue weighted by atomic mass is 9.89. The summed E-state index contributed by atoms with van der Waals surface area (Å²) in [6.07, 6.45) is 5.03. The zero-order valence-electron chi connectivity index (χ0n) is 11.1. The van der Waals surface area contributed by atoms with Crippen LogP contribution in [-0.4, -0.2) is 24.2 Å². The highest BCUT2D eigenvalue weighted by molar-refractivity contribution is 5.77. The molecule has 1 aromatic heterocycles. The maximum absolute atomic E-state index is 5.77. The van der Waals surface area contributed by atoms with E-state index in [2.05, 4.69) is 22.4 Å². The van der Waals surface area contributed by atoms with Crippen molar-refractivity contribution < 1.29 is 9.15 Å². The maximum atomic E-state index is 5.77. The van der Waals surface area contributed by atoms with E-state index in [1.54, 1.807) is 7.11 Å². The summed E-state index contributed by atoms with van der Waals surface area (Å²) in [5.74, 6) is 1.48. The monoisotopic (exact) mass is 258 g/mol. The van der Waals surface area contributed by atoms with E-state index in [1.807, 2.05) is 6.07 Å². The molecule has 2 fully saturated rings. The van der Waals surface area contributed by atoms with Crippen LogP contribution in [0.1, 0.15) is 37.5 Å². The molecule has 2 aromatic rings. The quantitative estimate of drug-likeness (QED) is 0.914. The first kappa shape index (κ1) is 11.3. The van der Waals surface area contributed by atoms with Crippen molar-refractivity contribution in [1.82, 2.24) is 4.98 Å². The molecule has 4 nitrogen and oxygen atoms in total. The van der Waals surface area contributed by atoms with Gasteiger partial charge in [0.1, 0.15) is 5.52 Å². The predicted octanol–water partition coefficient (Wildman–Crippen LogP) is 3.29. The highest BCUT2D eigenvalue weighted by atomic mass is 16.5. The van der Waals surface area contributed by atoms with Crippen molar-refractivity contribution in [3.63, 3.8) is 0 Å². The van der Waals surface area contributed by atoms with Crippen LogP contribution < -0.4 is 5.32 Å². The normalized spacial score (nSPS) is 26.4. The molecule has 0 radical (unpaired) electrons. The van der Waals surface area contributed by atoms with E-state index in [1.165, 1.54) is 12.8 Å². The molecule has 0 bridgehead atoms. The number of ether oxygens (including phenoxy) is 1. The van der Waals surface area contributed by atoms with E-state index in [0.29, 0.717) is 18.1 Å². The lowest BCUT2D eigenvalue weighted by Crippen LogP contribution is -2.40. The smallest absolute Gasteiger partial charge is 0.198 e. The number of nitrogens with zero attached hydrogens (tertiary/aromatic N) is 1. The van der Waals surface area contributed by atoms with E-state index in [4.69, 9.17) is 9.15 Å². The summed E-state index contributed by atoms with van der Waals surface area (Å²) >= 11 is 0. The molecular weight excluding hydrogens is 240 g/mol. The molecule has 0 aliphatic heterocycles. The molecule has 100 valence electrons. The van der Waals surface area contributed by atoms with Crippen molar-refractivity contribution in [3.8, 4) is 0 Å². The molecule has 1 N–H and O–H groups in total. The second-order valence-corrected chi connectivity index (χ2v) is 5.68. The Labute approximate surface area is 112 Å². The Balaban J connectivity index is 1.51. The Bertz CT molecular complexity index is 597. The first-order valence-corrected chi connectivity index (χ1v) is 7.01. The Morgan fingerprint density at radius 3 is 2.89 bits per heavy atom. The van der Waals surface area contributed by atoms with Crippen molar-refractivity contribution in [1.29, 1.82) is 0 Å². The van der Waals surface area contributed by atoms with Crippen LogP contribution in [0.25, 0.3) is 11.1 Å². The fourth-order valence-electron chi connectivity index (χ4n) is 2.65. The minimum absolute atomic E-state index is 0.426. The molecule has 1 heterocycles. The molecule has 4 rings (SSSR count). The van der Waals surface area contributed by atoms with Gasteiger partial charge < -0.3 is 14.5 Å². The first-order chi connectivity index (χ1) is 9.31. The molecule has 1 aromatic carbocycles. The van der Waals surface area contributed by atoms with Gasteiger partial charge in [0.25, 0.3) is 0 Å². The van der Waals surface area contributed by atoms with Gasteiger partial charge in [0.05, 0.1) is 6.10 Å². The third-order valence-corrected chi connectivity index (χ3v) is 4.13. The highest BCUT2D eigenvalue weighted by Gasteiger charge is 2.30. The predicted molar refractivity (Wildman–Crippen MR) is 73.4 cm³/mol. The van der Waals surface area contributed by atoms with Crippen molar-refractivity contribution in [2.45, 2.75) is 43.7 Å². The summed E-state index contributed by atoms with van der Waals surface area (Å²) in [7, 11) is 1.78. The van der Waals surface area contributed by atoms with Gasteiger partial charge in [-0.1, -0.05) is 0 Å². The fraction of sp³-hybridized carbons (Fsp3) is 0.533. The number of aromatic nitrogens is 1. The molecule has 0 amide bonds. The number of oxazole rings is 1. The summed E-state index contributed by atoms with van der Waals surface area (Å²) in [6, 6.07) is 6.70. The molecule has 19 heavy (non-hydrogen) atoms. The molecule has 0 saturated heterocycles. The van der Waals surface area contributed by atoms with E-state index < -0.39 is 0 Å². The number of benzene rings is 1. The van der Waals surface area contributed by atoms with Crippen molar-refractivity contribution in [3.05, 3.63) is 24.1 Å². The van der Waals surface area contributed by atoms with Crippen LogP contribution >= 0.6 is 0 Å². The number of anilines is 1. The Morgan fingerprint density at radius 1 is 1.32 bits per heavy atom. The number of nitrogens with one attached hydrogen (secondary N) is 1. The van der Waals surface area contributed by atoms with Gasteiger partial charge in [-0.25, -0.2) is 4.98 Å². The van der Waals surface area contributed by atoms with Crippen LogP contribution in [0.5, 0.6) is 0 Å².